The van der Waals surface area contributed by atoms with Crippen molar-refractivity contribution in [3.8, 4) is 11.5 Å². The molecule has 0 bridgehead atoms. The summed E-state index contributed by atoms with van der Waals surface area (Å²) < 4.78 is 56.9. The summed E-state index contributed by atoms with van der Waals surface area (Å²) in [5.41, 5.74) is 1.94. The van der Waals surface area contributed by atoms with Gasteiger partial charge in [0.25, 0.3) is 5.69 Å². The lowest BCUT2D eigenvalue weighted by Crippen LogP contribution is -2.36. The zero-order valence-electron chi connectivity index (χ0n) is 16.9. The Morgan fingerprint density at radius 3 is 2.03 bits per heavy atom. The average molecular weight is 412 g/mol. The van der Waals surface area contributed by atoms with Gasteiger partial charge in [-0.25, -0.2) is 4.39 Å². The van der Waals surface area contributed by atoms with Crippen LogP contribution in [0.25, 0.3) is 0 Å². The van der Waals surface area contributed by atoms with Crippen LogP contribution < -0.4 is 9.47 Å². The average Bonchev–Trinajstić information content (AvgIpc) is 2.73. The molecule has 1 aliphatic heterocycles. The van der Waals surface area contributed by atoms with Gasteiger partial charge in [0.2, 0.25) is 5.71 Å². The standard InChI is InChI=1S/C24H21F3NO2/c1-14-11-15-12-21(29-2)22(30-3)13-17(15)23(16-7-4-5-8-18(16)25)28(14)24-19(26)9-6-10-20(24)27/h4-10,12-14H,11H2,1-3H3/q+1. The van der Waals surface area contributed by atoms with Crippen LogP contribution in [0.1, 0.15) is 23.6 Å². The van der Waals surface area contributed by atoms with Crippen molar-refractivity contribution in [3.63, 3.8) is 0 Å². The molecule has 0 saturated carbocycles. The van der Waals surface area contributed by atoms with E-state index in [2.05, 4.69) is 0 Å². The number of ether oxygens (including phenoxy) is 2. The van der Waals surface area contributed by atoms with Crippen molar-refractivity contribution < 1.29 is 27.2 Å². The minimum atomic E-state index is -0.709. The van der Waals surface area contributed by atoms with E-state index in [1.807, 2.05) is 13.0 Å². The third kappa shape index (κ3) is 3.22. The van der Waals surface area contributed by atoms with E-state index in [1.54, 1.807) is 31.4 Å². The Labute approximate surface area is 173 Å². The van der Waals surface area contributed by atoms with Gasteiger partial charge in [-0.15, -0.1) is 0 Å². The molecule has 0 aromatic heterocycles. The fraction of sp³-hybridized carbons (Fsp3) is 0.208. The Morgan fingerprint density at radius 2 is 1.40 bits per heavy atom. The van der Waals surface area contributed by atoms with Gasteiger partial charge < -0.3 is 9.47 Å². The first-order valence-electron chi connectivity index (χ1n) is 9.56. The SMILES string of the molecule is COc1cc2c(cc1OC)C(c1ccccc1F)=[N+](c1c(F)cccc1F)C(C)C2. The smallest absolute Gasteiger partial charge is 0.278 e. The molecule has 3 aromatic rings. The van der Waals surface area contributed by atoms with Crippen molar-refractivity contribution >= 4 is 11.4 Å². The molecule has 0 spiro atoms. The van der Waals surface area contributed by atoms with Crippen LogP contribution in [0.5, 0.6) is 11.5 Å². The maximum Gasteiger partial charge on any atom is 0.278 e. The van der Waals surface area contributed by atoms with Gasteiger partial charge in [0.15, 0.2) is 29.2 Å². The number of nitrogens with zero attached hydrogens (tertiary/aromatic N) is 1. The Bertz CT molecular complexity index is 1140. The van der Waals surface area contributed by atoms with Gasteiger partial charge in [0, 0.05) is 6.42 Å². The summed E-state index contributed by atoms with van der Waals surface area (Å²) in [6.45, 7) is 1.85. The molecule has 0 fully saturated rings. The Balaban J connectivity index is 2.14. The highest BCUT2D eigenvalue weighted by Crippen LogP contribution is 2.37. The molecule has 6 heteroatoms. The second-order valence-corrected chi connectivity index (χ2v) is 7.19. The molecule has 0 radical (unpaired) electrons. The Morgan fingerprint density at radius 1 is 0.800 bits per heavy atom. The highest BCUT2D eigenvalue weighted by Gasteiger charge is 2.39. The Kier molecular flexibility index (Phi) is 5.24. The summed E-state index contributed by atoms with van der Waals surface area (Å²) >= 11 is 0. The van der Waals surface area contributed by atoms with E-state index in [-0.39, 0.29) is 17.3 Å². The predicted molar refractivity (Wildman–Crippen MR) is 109 cm³/mol. The minimum Gasteiger partial charge on any atom is -0.493 e. The van der Waals surface area contributed by atoms with Crippen LogP contribution in [0.4, 0.5) is 18.9 Å². The highest BCUT2D eigenvalue weighted by molar-refractivity contribution is 6.12. The van der Waals surface area contributed by atoms with E-state index < -0.39 is 17.5 Å². The number of halogens is 3. The summed E-state index contributed by atoms with van der Waals surface area (Å²) in [5, 5.41) is 0. The molecule has 0 aliphatic carbocycles. The molecule has 1 heterocycles. The Hall–Kier alpha value is -3.28. The molecule has 0 amide bonds. The molecule has 0 saturated heterocycles. The van der Waals surface area contributed by atoms with Crippen LogP contribution in [0.2, 0.25) is 0 Å². The molecule has 1 aliphatic rings. The number of hydrogen-bond donors (Lipinski definition) is 0. The largest absolute Gasteiger partial charge is 0.493 e. The van der Waals surface area contributed by atoms with Crippen LogP contribution >= 0.6 is 0 Å². The monoisotopic (exact) mass is 412 g/mol. The number of hydrogen-bond acceptors (Lipinski definition) is 2. The van der Waals surface area contributed by atoms with Crippen molar-refractivity contribution in [2.75, 3.05) is 14.2 Å². The normalized spacial score (nSPS) is 15.7. The van der Waals surface area contributed by atoms with E-state index in [0.717, 1.165) is 5.56 Å². The molecule has 30 heavy (non-hydrogen) atoms. The zero-order chi connectivity index (χ0) is 21.4. The molecule has 3 nitrogen and oxygen atoms in total. The molecule has 1 atom stereocenters. The van der Waals surface area contributed by atoms with E-state index in [9.17, 15) is 13.2 Å². The van der Waals surface area contributed by atoms with Gasteiger partial charge in [-0.3, -0.25) is 0 Å². The van der Waals surface area contributed by atoms with Gasteiger partial charge in [-0.2, -0.15) is 13.4 Å². The van der Waals surface area contributed by atoms with Crippen LogP contribution in [-0.2, 0) is 6.42 Å². The van der Waals surface area contributed by atoms with Crippen LogP contribution in [0, 0.1) is 17.5 Å². The third-order valence-electron chi connectivity index (χ3n) is 5.37. The lowest BCUT2D eigenvalue weighted by atomic mass is 9.88. The van der Waals surface area contributed by atoms with Crippen molar-refractivity contribution in [2.24, 2.45) is 0 Å². The van der Waals surface area contributed by atoms with Crippen molar-refractivity contribution in [2.45, 2.75) is 19.4 Å². The number of rotatable bonds is 4. The number of para-hydroxylation sites is 1. The summed E-state index contributed by atoms with van der Waals surface area (Å²) in [6, 6.07) is 13.2. The fourth-order valence-corrected chi connectivity index (χ4v) is 4.05. The molecular formula is C24H21F3NO2+. The first-order valence-corrected chi connectivity index (χ1v) is 9.56. The molecule has 1 unspecified atom stereocenters. The minimum absolute atomic E-state index is 0.205. The zero-order valence-corrected chi connectivity index (χ0v) is 16.9. The van der Waals surface area contributed by atoms with E-state index in [1.165, 1.54) is 36.0 Å². The van der Waals surface area contributed by atoms with Crippen molar-refractivity contribution in [1.82, 2.24) is 0 Å². The molecule has 0 N–H and O–H groups in total. The van der Waals surface area contributed by atoms with Crippen LogP contribution in [0.15, 0.2) is 54.6 Å². The van der Waals surface area contributed by atoms with Crippen LogP contribution in [0.3, 0.4) is 0 Å². The van der Waals surface area contributed by atoms with Gasteiger partial charge in [0.05, 0.1) is 25.3 Å². The summed E-state index contributed by atoms with van der Waals surface area (Å²) in [6.07, 6.45) is 0.488. The summed E-state index contributed by atoms with van der Waals surface area (Å²) in [7, 11) is 3.05. The molecule has 3 aromatic carbocycles. The van der Waals surface area contributed by atoms with Crippen molar-refractivity contribution in [3.05, 3.63) is 88.7 Å². The summed E-state index contributed by atoms with van der Waals surface area (Å²) in [4.78, 5) is 0. The number of methoxy groups -OCH3 is 2. The number of fused-ring (bicyclic) bond motifs is 1. The second-order valence-electron chi connectivity index (χ2n) is 7.19. The number of benzene rings is 3. The molecule has 154 valence electrons. The van der Waals surface area contributed by atoms with E-state index in [0.29, 0.717) is 29.2 Å². The van der Waals surface area contributed by atoms with Gasteiger partial charge in [-0.1, -0.05) is 18.2 Å². The second kappa shape index (κ2) is 7.86. The first kappa shape index (κ1) is 20.0. The lowest BCUT2D eigenvalue weighted by Gasteiger charge is -2.25. The van der Waals surface area contributed by atoms with Gasteiger partial charge >= 0.3 is 0 Å². The first-order chi connectivity index (χ1) is 14.5. The maximum atomic E-state index is 14.9. The summed E-state index contributed by atoms with van der Waals surface area (Å²) in [5.74, 6) is -0.904. The maximum absolute atomic E-state index is 14.9. The fourth-order valence-electron chi connectivity index (χ4n) is 4.05. The third-order valence-corrected chi connectivity index (χ3v) is 5.37. The van der Waals surface area contributed by atoms with Gasteiger partial charge in [0.1, 0.15) is 5.82 Å². The highest BCUT2D eigenvalue weighted by atomic mass is 19.1. The topological polar surface area (TPSA) is 21.5 Å². The predicted octanol–water partition coefficient (Wildman–Crippen LogP) is 5.25. The lowest BCUT2D eigenvalue weighted by molar-refractivity contribution is -0.485. The van der Waals surface area contributed by atoms with Gasteiger partial charge in [-0.05, 0) is 48.9 Å². The van der Waals surface area contributed by atoms with Crippen LogP contribution in [-0.4, -0.2) is 30.5 Å². The molecule has 4 rings (SSSR count). The van der Waals surface area contributed by atoms with E-state index in [4.69, 9.17) is 9.47 Å². The quantitative estimate of drug-likeness (QED) is 0.546. The van der Waals surface area contributed by atoms with E-state index >= 15 is 0 Å². The van der Waals surface area contributed by atoms with Crippen molar-refractivity contribution in [1.29, 1.82) is 0 Å². The molecular weight excluding hydrogens is 391 g/mol.